The fourth-order valence-corrected chi connectivity index (χ4v) is 1.34. The van der Waals surface area contributed by atoms with E-state index in [0.29, 0.717) is 16.6 Å². The molecule has 2 rings (SSSR count). The van der Waals surface area contributed by atoms with E-state index in [0.717, 1.165) is 18.8 Å². The van der Waals surface area contributed by atoms with Gasteiger partial charge >= 0.3 is 0 Å². The molecule has 1 aliphatic rings. The third-order valence-electron chi connectivity index (χ3n) is 1.90. The standard InChI is InChI=1S/C9H9ClN2O2/c1-13-9(7-2-3-14-7)6-4-11-5-8(10)12-6/h4-5H,2-3H2,1H3. The summed E-state index contributed by atoms with van der Waals surface area (Å²) >= 11 is 5.72. The van der Waals surface area contributed by atoms with E-state index in [4.69, 9.17) is 21.1 Å². The molecule has 5 heteroatoms. The zero-order valence-electron chi connectivity index (χ0n) is 7.66. The van der Waals surface area contributed by atoms with Crippen LogP contribution in [0.5, 0.6) is 0 Å². The molecule has 0 amide bonds. The van der Waals surface area contributed by atoms with Gasteiger partial charge in [0.15, 0.2) is 5.76 Å². The predicted octanol–water partition coefficient (Wildman–Crippen LogP) is 1.87. The number of halogens is 1. The van der Waals surface area contributed by atoms with Crippen LogP contribution in [0.1, 0.15) is 12.1 Å². The van der Waals surface area contributed by atoms with Gasteiger partial charge in [0.25, 0.3) is 0 Å². The molecule has 1 fully saturated rings. The Hall–Kier alpha value is -1.29. The topological polar surface area (TPSA) is 44.2 Å². The lowest BCUT2D eigenvalue weighted by molar-refractivity contribution is 0.110. The smallest absolute Gasteiger partial charge is 0.183 e. The zero-order valence-corrected chi connectivity index (χ0v) is 8.41. The maximum absolute atomic E-state index is 5.72. The van der Waals surface area contributed by atoms with Crippen molar-refractivity contribution in [2.75, 3.05) is 13.7 Å². The van der Waals surface area contributed by atoms with Crippen molar-refractivity contribution in [2.45, 2.75) is 6.42 Å². The molecular formula is C9H9ClN2O2. The lowest BCUT2D eigenvalue weighted by atomic mass is 10.2. The molecule has 1 aliphatic heterocycles. The highest BCUT2D eigenvalue weighted by Gasteiger charge is 2.19. The quantitative estimate of drug-likeness (QED) is 0.702. The molecule has 0 radical (unpaired) electrons. The van der Waals surface area contributed by atoms with E-state index in [1.165, 1.54) is 6.20 Å². The van der Waals surface area contributed by atoms with Crippen molar-refractivity contribution < 1.29 is 9.47 Å². The number of rotatable bonds is 2. The van der Waals surface area contributed by atoms with E-state index in [9.17, 15) is 0 Å². The van der Waals surface area contributed by atoms with Crippen LogP contribution in [-0.2, 0) is 9.47 Å². The number of nitrogens with zero attached hydrogens (tertiary/aromatic N) is 2. The lowest BCUT2D eigenvalue weighted by Gasteiger charge is -2.21. The molecule has 0 spiro atoms. The summed E-state index contributed by atoms with van der Waals surface area (Å²) in [5, 5.41) is 0.344. The molecule has 0 unspecified atom stereocenters. The zero-order chi connectivity index (χ0) is 9.97. The van der Waals surface area contributed by atoms with Gasteiger partial charge in [-0.2, -0.15) is 0 Å². The lowest BCUT2D eigenvalue weighted by Crippen LogP contribution is -2.12. The number of hydrogen-bond donors (Lipinski definition) is 0. The molecule has 14 heavy (non-hydrogen) atoms. The van der Waals surface area contributed by atoms with Crippen LogP contribution in [0.15, 0.2) is 18.2 Å². The Labute approximate surface area is 86.5 Å². The first kappa shape index (κ1) is 9.27. The molecule has 0 bridgehead atoms. The number of aromatic nitrogens is 2. The van der Waals surface area contributed by atoms with Crippen LogP contribution >= 0.6 is 11.6 Å². The first-order valence-electron chi connectivity index (χ1n) is 4.19. The first-order chi connectivity index (χ1) is 6.81. The molecule has 1 aromatic heterocycles. The van der Waals surface area contributed by atoms with Gasteiger partial charge in [-0.15, -0.1) is 0 Å². The van der Waals surface area contributed by atoms with E-state index in [1.54, 1.807) is 13.3 Å². The van der Waals surface area contributed by atoms with Crippen LogP contribution < -0.4 is 0 Å². The van der Waals surface area contributed by atoms with Gasteiger partial charge in [0, 0.05) is 6.42 Å². The summed E-state index contributed by atoms with van der Waals surface area (Å²) in [6, 6.07) is 0. The predicted molar refractivity (Wildman–Crippen MR) is 51.5 cm³/mol. The van der Waals surface area contributed by atoms with E-state index in [2.05, 4.69) is 9.97 Å². The second-order valence-corrected chi connectivity index (χ2v) is 3.17. The fraction of sp³-hybridized carbons (Fsp3) is 0.333. The average molecular weight is 213 g/mol. The van der Waals surface area contributed by atoms with E-state index in [-0.39, 0.29) is 0 Å². The van der Waals surface area contributed by atoms with Crippen molar-refractivity contribution in [3.05, 3.63) is 29.0 Å². The Morgan fingerprint density at radius 3 is 2.86 bits per heavy atom. The summed E-state index contributed by atoms with van der Waals surface area (Å²) in [5.74, 6) is 1.43. The minimum absolute atomic E-state index is 0.344. The Morgan fingerprint density at radius 2 is 2.36 bits per heavy atom. The first-order valence-corrected chi connectivity index (χ1v) is 4.57. The molecule has 1 saturated heterocycles. The number of methoxy groups -OCH3 is 1. The highest BCUT2D eigenvalue weighted by Crippen LogP contribution is 2.26. The van der Waals surface area contributed by atoms with Gasteiger partial charge < -0.3 is 9.47 Å². The Bertz CT molecular complexity index is 373. The molecule has 0 N–H and O–H groups in total. The van der Waals surface area contributed by atoms with Crippen LogP contribution in [-0.4, -0.2) is 23.7 Å². The van der Waals surface area contributed by atoms with Crippen LogP contribution in [0.2, 0.25) is 5.15 Å². The second kappa shape index (κ2) is 3.84. The minimum Gasteiger partial charge on any atom is -0.493 e. The third-order valence-corrected chi connectivity index (χ3v) is 2.08. The van der Waals surface area contributed by atoms with Gasteiger partial charge in [-0.1, -0.05) is 11.6 Å². The molecule has 0 aromatic carbocycles. The van der Waals surface area contributed by atoms with Crippen molar-refractivity contribution in [2.24, 2.45) is 0 Å². The monoisotopic (exact) mass is 212 g/mol. The maximum Gasteiger partial charge on any atom is 0.183 e. The molecule has 74 valence electrons. The summed E-state index contributed by atoms with van der Waals surface area (Å²) < 4.78 is 10.4. The maximum atomic E-state index is 5.72. The van der Waals surface area contributed by atoms with Crippen molar-refractivity contribution >= 4 is 17.4 Å². The molecule has 0 aliphatic carbocycles. The van der Waals surface area contributed by atoms with E-state index < -0.39 is 0 Å². The summed E-state index contributed by atoms with van der Waals surface area (Å²) in [6.07, 6.45) is 3.95. The summed E-state index contributed by atoms with van der Waals surface area (Å²) in [7, 11) is 1.58. The van der Waals surface area contributed by atoms with E-state index in [1.807, 2.05) is 0 Å². The molecule has 0 atom stereocenters. The largest absolute Gasteiger partial charge is 0.493 e. The summed E-state index contributed by atoms with van der Waals surface area (Å²) in [6.45, 7) is 0.732. The van der Waals surface area contributed by atoms with Gasteiger partial charge in [-0.3, -0.25) is 4.98 Å². The fourth-order valence-electron chi connectivity index (χ4n) is 1.20. The average Bonchev–Trinajstić information content (AvgIpc) is 2.10. The minimum atomic E-state index is 0.344. The van der Waals surface area contributed by atoms with Crippen LogP contribution in [0.3, 0.4) is 0 Å². The summed E-state index contributed by atoms with van der Waals surface area (Å²) in [4.78, 5) is 8.02. The van der Waals surface area contributed by atoms with Crippen LogP contribution in [0.4, 0.5) is 0 Å². The van der Waals surface area contributed by atoms with Gasteiger partial charge in [-0.25, -0.2) is 4.98 Å². The SMILES string of the molecule is COC(=C1CCO1)c1cncc(Cl)n1. The Kier molecular flexibility index (Phi) is 2.54. The molecular weight excluding hydrogens is 204 g/mol. The molecule has 1 aromatic rings. The molecule has 0 saturated carbocycles. The van der Waals surface area contributed by atoms with Gasteiger partial charge in [0.2, 0.25) is 0 Å². The van der Waals surface area contributed by atoms with Crippen LogP contribution in [0, 0.1) is 0 Å². The van der Waals surface area contributed by atoms with E-state index >= 15 is 0 Å². The number of ether oxygens (including phenoxy) is 2. The van der Waals surface area contributed by atoms with Crippen molar-refractivity contribution in [3.8, 4) is 0 Å². The summed E-state index contributed by atoms with van der Waals surface area (Å²) in [5.41, 5.74) is 0.606. The molecule has 4 nitrogen and oxygen atoms in total. The highest BCUT2D eigenvalue weighted by molar-refractivity contribution is 6.29. The number of hydrogen-bond acceptors (Lipinski definition) is 4. The Morgan fingerprint density at radius 1 is 1.57 bits per heavy atom. The van der Waals surface area contributed by atoms with Gasteiger partial charge in [0.05, 0.1) is 26.1 Å². The van der Waals surface area contributed by atoms with Crippen molar-refractivity contribution in [1.82, 2.24) is 9.97 Å². The van der Waals surface area contributed by atoms with Crippen molar-refractivity contribution in [1.29, 1.82) is 0 Å². The second-order valence-electron chi connectivity index (χ2n) is 2.78. The molecule has 2 heterocycles. The normalized spacial score (nSPS) is 18.1. The van der Waals surface area contributed by atoms with Crippen molar-refractivity contribution in [3.63, 3.8) is 0 Å². The highest BCUT2D eigenvalue weighted by atomic mass is 35.5. The van der Waals surface area contributed by atoms with Crippen LogP contribution in [0.25, 0.3) is 5.76 Å². The Balaban J connectivity index is 2.36. The van der Waals surface area contributed by atoms with Gasteiger partial charge in [0.1, 0.15) is 16.6 Å². The van der Waals surface area contributed by atoms with Gasteiger partial charge in [-0.05, 0) is 0 Å². The third kappa shape index (κ3) is 1.65.